The third-order valence-electron chi connectivity index (χ3n) is 6.36. The highest BCUT2D eigenvalue weighted by molar-refractivity contribution is 5.91. The molecule has 1 aliphatic rings. The van der Waals surface area contributed by atoms with Crippen LogP contribution in [-0.4, -0.2) is 24.0 Å². The van der Waals surface area contributed by atoms with Crippen LogP contribution in [0.4, 0.5) is 0 Å². The molecule has 0 saturated carbocycles. The van der Waals surface area contributed by atoms with Crippen molar-refractivity contribution < 1.29 is 13.9 Å². The second-order valence-corrected chi connectivity index (χ2v) is 8.55. The van der Waals surface area contributed by atoms with Gasteiger partial charge in [-0.15, -0.1) is 0 Å². The summed E-state index contributed by atoms with van der Waals surface area (Å²) in [6.45, 7) is 5.00. The van der Waals surface area contributed by atoms with Gasteiger partial charge in [0.25, 0.3) is 0 Å². The van der Waals surface area contributed by atoms with E-state index in [0.717, 1.165) is 43.8 Å². The van der Waals surface area contributed by atoms with E-state index < -0.39 is 0 Å². The number of piperidine rings is 1. The molecule has 0 amide bonds. The summed E-state index contributed by atoms with van der Waals surface area (Å²) in [5.74, 6) is 1.73. The first-order valence-electron chi connectivity index (χ1n) is 11.2. The number of fused-ring (bicyclic) bond motifs is 1. The van der Waals surface area contributed by atoms with Crippen LogP contribution in [0.2, 0.25) is 0 Å². The van der Waals surface area contributed by atoms with Crippen LogP contribution in [-0.2, 0) is 6.54 Å². The number of benzene rings is 3. The Hall–Kier alpha value is -3.37. The molecule has 3 aromatic carbocycles. The van der Waals surface area contributed by atoms with Gasteiger partial charge in [0.15, 0.2) is 0 Å². The zero-order valence-corrected chi connectivity index (χ0v) is 18.3. The Morgan fingerprint density at radius 3 is 2.69 bits per heavy atom. The van der Waals surface area contributed by atoms with Crippen LogP contribution in [0, 0.1) is 6.92 Å². The first-order valence-corrected chi connectivity index (χ1v) is 11.2. The van der Waals surface area contributed by atoms with Crippen LogP contribution < -0.4 is 4.74 Å². The summed E-state index contributed by atoms with van der Waals surface area (Å²) in [7, 11) is 0. The average Bonchev–Trinajstić information content (AvgIpc) is 3.15. The number of hydrogen-bond acceptors (Lipinski definition) is 4. The van der Waals surface area contributed by atoms with Gasteiger partial charge in [-0.3, -0.25) is 4.90 Å². The predicted octanol–water partition coefficient (Wildman–Crippen LogP) is 6.34. The summed E-state index contributed by atoms with van der Waals surface area (Å²) in [6.07, 6.45) is 2.27. The molecule has 1 saturated heterocycles. The number of rotatable bonds is 5. The van der Waals surface area contributed by atoms with E-state index in [0.29, 0.717) is 17.2 Å². The molecular formula is C28H27NO3. The lowest BCUT2D eigenvalue weighted by Gasteiger charge is -2.32. The van der Waals surface area contributed by atoms with Crippen molar-refractivity contribution in [2.75, 3.05) is 13.1 Å². The van der Waals surface area contributed by atoms with Gasteiger partial charge in [0.05, 0.1) is 12.1 Å². The van der Waals surface area contributed by atoms with Crippen molar-refractivity contribution in [3.63, 3.8) is 0 Å². The Bertz CT molecular complexity index is 1230. The van der Waals surface area contributed by atoms with E-state index in [-0.39, 0.29) is 5.97 Å². The lowest BCUT2D eigenvalue weighted by molar-refractivity contribution is 0.0734. The van der Waals surface area contributed by atoms with Gasteiger partial charge in [-0.25, -0.2) is 4.79 Å². The third kappa shape index (κ3) is 4.32. The molecule has 4 heteroatoms. The second kappa shape index (κ2) is 9.01. The fourth-order valence-corrected chi connectivity index (χ4v) is 4.62. The van der Waals surface area contributed by atoms with Crippen molar-refractivity contribution in [2.24, 2.45) is 0 Å². The maximum absolute atomic E-state index is 12.4. The smallest absolute Gasteiger partial charge is 0.343 e. The van der Waals surface area contributed by atoms with Crippen LogP contribution in [0.25, 0.3) is 11.0 Å². The molecule has 1 fully saturated rings. The van der Waals surface area contributed by atoms with E-state index in [2.05, 4.69) is 30.0 Å². The van der Waals surface area contributed by atoms with Crippen LogP contribution >= 0.6 is 0 Å². The molecule has 1 aliphatic heterocycles. The fraction of sp³-hybridized carbons (Fsp3) is 0.250. The molecule has 4 aromatic rings. The minimum Gasteiger partial charge on any atom is -0.459 e. The van der Waals surface area contributed by atoms with Crippen molar-refractivity contribution in [1.82, 2.24) is 4.90 Å². The molecule has 2 heterocycles. The van der Waals surface area contributed by atoms with Crippen molar-refractivity contribution >= 4 is 16.9 Å². The van der Waals surface area contributed by atoms with Gasteiger partial charge in [0.2, 0.25) is 0 Å². The SMILES string of the molecule is Cc1c(CN2CCCC(c3cccc(OC(=O)c4ccccc4)c3)C2)oc2ccccc12. The Morgan fingerprint density at radius 2 is 1.84 bits per heavy atom. The number of ether oxygens (including phenoxy) is 1. The molecule has 0 radical (unpaired) electrons. The number of carbonyl (C=O) groups is 1. The van der Waals surface area contributed by atoms with Gasteiger partial charge in [-0.1, -0.05) is 48.5 Å². The number of furan rings is 1. The number of carbonyl (C=O) groups excluding carboxylic acids is 1. The predicted molar refractivity (Wildman–Crippen MR) is 126 cm³/mol. The van der Waals surface area contributed by atoms with E-state index in [1.54, 1.807) is 12.1 Å². The topological polar surface area (TPSA) is 42.7 Å². The first kappa shape index (κ1) is 20.5. The summed E-state index contributed by atoms with van der Waals surface area (Å²) in [5.41, 5.74) is 3.97. The lowest BCUT2D eigenvalue weighted by Crippen LogP contribution is -2.33. The van der Waals surface area contributed by atoms with Gasteiger partial charge >= 0.3 is 5.97 Å². The highest BCUT2D eigenvalue weighted by Crippen LogP contribution is 2.32. The van der Waals surface area contributed by atoms with Gasteiger partial charge in [-0.2, -0.15) is 0 Å². The highest BCUT2D eigenvalue weighted by atomic mass is 16.5. The molecule has 0 bridgehead atoms. The molecular weight excluding hydrogens is 398 g/mol. The summed E-state index contributed by atoms with van der Waals surface area (Å²) in [5, 5.41) is 1.20. The van der Waals surface area contributed by atoms with Crippen molar-refractivity contribution in [2.45, 2.75) is 32.2 Å². The quantitative estimate of drug-likeness (QED) is 0.276. The molecule has 0 N–H and O–H groups in total. The summed E-state index contributed by atoms with van der Waals surface area (Å²) < 4.78 is 11.8. The van der Waals surface area contributed by atoms with E-state index in [1.165, 1.54) is 16.5 Å². The number of esters is 1. The van der Waals surface area contributed by atoms with Crippen molar-refractivity contribution in [1.29, 1.82) is 0 Å². The van der Waals surface area contributed by atoms with Gasteiger partial charge in [-0.05, 0) is 73.7 Å². The Labute approximate surface area is 188 Å². The Morgan fingerprint density at radius 1 is 1.03 bits per heavy atom. The van der Waals surface area contributed by atoms with Crippen LogP contribution in [0.5, 0.6) is 5.75 Å². The van der Waals surface area contributed by atoms with E-state index in [4.69, 9.17) is 9.15 Å². The van der Waals surface area contributed by atoms with Crippen LogP contribution in [0.3, 0.4) is 0 Å². The summed E-state index contributed by atoms with van der Waals surface area (Å²) in [4.78, 5) is 14.9. The highest BCUT2D eigenvalue weighted by Gasteiger charge is 2.24. The molecule has 5 rings (SSSR count). The Balaban J connectivity index is 1.28. The van der Waals surface area contributed by atoms with E-state index >= 15 is 0 Å². The zero-order valence-electron chi connectivity index (χ0n) is 18.3. The van der Waals surface area contributed by atoms with E-state index in [9.17, 15) is 4.79 Å². The number of likely N-dealkylation sites (tertiary alicyclic amines) is 1. The number of nitrogens with zero attached hydrogens (tertiary/aromatic N) is 1. The molecule has 162 valence electrons. The number of aryl methyl sites for hydroxylation is 1. The molecule has 32 heavy (non-hydrogen) atoms. The normalized spacial score (nSPS) is 16.8. The van der Waals surface area contributed by atoms with E-state index in [1.807, 2.05) is 48.5 Å². The fourth-order valence-electron chi connectivity index (χ4n) is 4.62. The standard InChI is InChI=1S/C28H27NO3/c1-20-25-14-5-6-15-26(25)32-27(20)19-29-16-8-12-23(18-29)22-11-7-13-24(17-22)31-28(30)21-9-3-2-4-10-21/h2-7,9-11,13-15,17,23H,8,12,16,18-19H2,1H3. The molecule has 1 aromatic heterocycles. The largest absolute Gasteiger partial charge is 0.459 e. The maximum Gasteiger partial charge on any atom is 0.343 e. The third-order valence-corrected chi connectivity index (χ3v) is 6.36. The summed E-state index contributed by atoms with van der Waals surface area (Å²) >= 11 is 0. The Kier molecular flexibility index (Phi) is 5.78. The molecule has 4 nitrogen and oxygen atoms in total. The molecule has 1 unspecified atom stereocenters. The molecule has 0 spiro atoms. The average molecular weight is 426 g/mol. The molecule has 1 atom stereocenters. The number of hydrogen-bond donors (Lipinski definition) is 0. The van der Waals surface area contributed by atoms with Crippen molar-refractivity contribution in [3.8, 4) is 5.75 Å². The molecule has 0 aliphatic carbocycles. The monoisotopic (exact) mass is 425 g/mol. The minimum absolute atomic E-state index is 0.326. The zero-order chi connectivity index (χ0) is 21.9. The minimum atomic E-state index is -0.326. The summed E-state index contributed by atoms with van der Waals surface area (Å²) in [6, 6.07) is 25.3. The van der Waals surface area contributed by atoms with Gasteiger partial charge < -0.3 is 9.15 Å². The first-order chi connectivity index (χ1) is 15.7. The second-order valence-electron chi connectivity index (χ2n) is 8.55. The van der Waals surface area contributed by atoms with Crippen LogP contribution in [0.1, 0.15) is 46.0 Å². The van der Waals surface area contributed by atoms with Crippen molar-refractivity contribution in [3.05, 3.63) is 101 Å². The maximum atomic E-state index is 12.4. The van der Waals surface area contributed by atoms with Gasteiger partial charge in [0.1, 0.15) is 17.1 Å². The van der Waals surface area contributed by atoms with Gasteiger partial charge in [0, 0.05) is 11.9 Å². The lowest BCUT2D eigenvalue weighted by atomic mass is 9.90. The number of para-hydroxylation sites is 1. The van der Waals surface area contributed by atoms with Crippen LogP contribution in [0.15, 0.2) is 83.3 Å².